The summed E-state index contributed by atoms with van der Waals surface area (Å²) < 4.78 is 5.89. The van der Waals surface area contributed by atoms with Gasteiger partial charge >= 0.3 is 0 Å². The van der Waals surface area contributed by atoms with Gasteiger partial charge in [-0.05, 0) is 34.6 Å². The number of morpholine rings is 1. The Bertz CT molecular complexity index is 243. The Labute approximate surface area is 91.8 Å². The van der Waals surface area contributed by atoms with E-state index in [2.05, 4.69) is 0 Å². The van der Waals surface area contributed by atoms with E-state index in [9.17, 15) is 4.79 Å². The third kappa shape index (κ3) is 3.18. The lowest BCUT2D eigenvalue weighted by Gasteiger charge is -2.47. The Hall–Kier alpha value is -0.610. The molecule has 1 amide bonds. The summed E-state index contributed by atoms with van der Waals surface area (Å²) >= 11 is 0. The lowest BCUT2D eigenvalue weighted by Crippen LogP contribution is -2.60. The normalized spacial score (nSPS) is 26.1. The molecule has 0 saturated carbocycles. The van der Waals surface area contributed by atoms with Crippen LogP contribution in [0.5, 0.6) is 0 Å². The predicted octanol–water partition coefficient (Wildman–Crippen LogP) is 0.750. The van der Waals surface area contributed by atoms with Crippen molar-refractivity contribution in [1.82, 2.24) is 4.90 Å². The van der Waals surface area contributed by atoms with E-state index in [4.69, 9.17) is 10.5 Å². The lowest BCUT2D eigenvalue weighted by atomic mass is 9.98. The highest BCUT2D eigenvalue weighted by Crippen LogP contribution is 2.28. The first-order chi connectivity index (χ1) is 6.63. The first-order valence-electron chi connectivity index (χ1n) is 5.37. The Kier molecular flexibility index (Phi) is 3.12. The van der Waals surface area contributed by atoms with Gasteiger partial charge in [-0.2, -0.15) is 0 Å². The number of hydrogen-bond acceptors (Lipinski definition) is 3. The summed E-state index contributed by atoms with van der Waals surface area (Å²) in [6.45, 7) is 10.9. The molecule has 15 heavy (non-hydrogen) atoms. The average Bonchev–Trinajstić information content (AvgIpc) is 1.96. The third-order valence-electron chi connectivity index (χ3n) is 2.40. The molecule has 1 fully saturated rings. The molecule has 1 saturated heterocycles. The van der Waals surface area contributed by atoms with Crippen molar-refractivity contribution in [3.63, 3.8) is 0 Å². The van der Waals surface area contributed by atoms with Gasteiger partial charge in [-0.15, -0.1) is 0 Å². The molecule has 1 rings (SSSR count). The van der Waals surface area contributed by atoms with Crippen molar-refractivity contribution in [2.24, 2.45) is 5.73 Å². The van der Waals surface area contributed by atoms with Gasteiger partial charge in [-0.1, -0.05) is 0 Å². The zero-order valence-corrected chi connectivity index (χ0v) is 10.3. The van der Waals surface area contributed by atoms with Crippen molar-refractivity contribution in [1.29, 1.82) is 0 Å². The number of nitrogens with two attached hydrogens (primary N) is 1. The van der Waals surface area contributed by atoms with E-state index in [0.717, 1.165) is 0 Å². The third-order valence-corrected chi connectivity index (χ3v) is 2.40. The van der Waals surface area contributed by atoms with Gasteiger partial charge in [0.25, 0.3) is 0 Å². The van der Waals surface area contributed by atoms with E-state index in [-0.39, 0.29) is 17.1 Å². The maximum absolute atomic E-state index is 11.8. The van der Waals surface area contributed by atoms with Crippen molar-refractivity contribution in [2.45, 2.75) is 51.9 Å². The summed E-state index contributed by atoms with van der Waals surface area (Å²) in [5.74, 6) is -0.000509. The highest BCUT2D eigenvalue weighted by molar-refractivity contribution is 5.81. The Balaban J connectivity index is 2.80. The predicted molar refractivity (Wildman–Crippen MR) is 59.5 cm³/mol. The minimum atomic E-state index is -0.435. The van der Waals surface area contributed by atoms with Crippen LogP contribution in [0.3, 0.4) is 0 Å². The number of amides is 1. The molecule has 0 bridgehead atoms. The molecule has 1 atom stereocenters. The fraction of sp³-hybridized carbons (Fsp3) is 0.909. The molecule has 0 aliphatic carbocycles. The van der Waals surface area contributed by atoms with Crippen LogP contribution >= 0.6 is 0 Å². The maximum Gasteiger partial charge on any atom is 0.239 e. The van der Waals surface area contributed by atoms with Crippen LogP contribution in [0.15, 0.2) is 0 Å². The second-order valence-electron chi connectivity index (χ2n) is 5.60. The second-order valence-corrected chi connectivity index (χ2v) is 5.60. The molecule has 0 unspecified atom stereocenters. The van der Waals surface area contributed by atoms with Crippen molar-refractivity contribution in [2.75, 3.05) is 13.1 Å². The van der Waals surface area contributed by atoms with Crippen molar-refractivity contribution < 1.29 is 9.53 Å². The van der Waals surface area contributed by atoms with Gasteiger partial charge in [0.1, 0.15) is 0 Å². The summed E-state index contributed by atoms with van der Waals surface area (Å²) in [4.78, 5) is 13.6. The molecule has 1 heterocycles. The zero-order chi connectivity index (χ0) is 11.9. The van der Waals surface area contributed by atoms with Crippen molar-refractivity contribution in [3.05, 3.63) is 0 Å². The smallest absolute Gasteiger partial charge is 0.239 e. The highest BCUT2D eigenvalue weighted by Gasteiger charge is 2.40. The number of hydrogen-bond donors (Lipinski definition) is 1. The topological polar surface area (TPSA) is 55.6 Å². The molecular formula is C11H22N2O2. The summed E-state index contributed by atoms with van der Waals surface area (Å²) in [6, 6.07) is -0.435. The van der Waals surface area contributed by atoms with Crippen molar-refractivity contribution >= 4 is 5.91 Å². The summed E-state index contributed by atoms with van der Waals surface area (Å²) in [5.41, 5.74) is 5.01. The van der Waals surface area contributed by atoms with Crippen LogP contribution in [0.2, 0.25) is 0 Å². The molecule has 4 nitrogen and oxygen atoms in total. The Morgan fingerprint density at radius 1 is 1.27 bits per heavy atom. The number of carbonyl (C=O) groups excluding carboxylic acids is 1. The molecule has 0 spiro atoms. The van der Waals surface area contributed by atoms with Crippen LogP contribution in [0.1, 0.15) is 34.6 Å². The minimum Gasteiger partial charge on any atom is -0.366 e. The number of rotatable bonds is 1. The highest BCUT2D eigenvalue weighted by atomic mass is 16.5. The molecule has 88 valence electrons. The van der Waals surface area contributed by atoms with Crippen LogP contribution in [0, 0.1) is 0 Å². The number of nitrogens with zero attached hydrogens (tertiary/aromatic N) is 1. The van der Waals surface area contributed by atoms with E-state index in [1.54, 1.807) is 11.8 Å². The van der Waals surface area contributed by atoms with Gasteiger partial charge < -0.3 is 15.4 Å². The number of carbonyl (C=O) groups is 1. The largest absolute Gasteiger partial charge is 0.366 e. The van der Waals surface area contributed by atoms with Gasteiger partial charge in [0.05, 0.1) is 17.2 Å². The number of ether oxygens (including phenoxy) is 1. The first-order valence-corrected chi connectivity index (χ1v) is 5.37. The molecule has 0 aromatic heterocycles. The fourth-order valence-corrected chi connectivity index (χ4v) is 2.23. The van der Waals surface area contributed by atoms with Crippen LogP contribution in [-0.2, 0) is 9.53 Å². The summed E-state index contributed by atoms with van der Waals surface area (Å²) in [6.07, 6.45) is 0. The van der Waals surface area contributed by atoms with E-state index in [0.29, 0.717) is 13.1 Å². The molecule has 1 aliphatic rings. The minimum absolute atomic E-state index is 0.000509. The van der Waals surface area contributed by atoms with E-state index >= 15 is 0 Å². The van der Waals surface area contributed by atoms with Gasteiger partial charge in [-0.3, -0.25) is 4.79 Å². The van der Waals surface area contributed by atoms with Gasteiger partial charge in [0.2, 0.25) is 5.91 Å². The second kappa shape index (κ2) is 3.76. The Morgan fingerprint density at radius 3 is 2.00 bits per heavy atom. The first kappa shape index (κ1) is 12.5. The van der Waals surface area contributed by atoms with Gasteiger partial charge in [0, 0.05) is 13.1 Å². The average molecular weight is 214 g/mol. The SMILES string of the molecule is C[C@H](N)C(=O)N1CC(C)(C)OC(C)(C)C1. The summed E-state index contributed by atoms with van der Waals surface area (Å²) in [5, 5.41) is 0. The van der Waals surface area contributed by atoms with Crippen molar-refractivity contribution in [3.8, 4) is 0 Å². The van der Waals surface area contributed by atoms with Crippen LogP contribution in [0.25, 0.3) is 0 Å². The van der Waals surface area contributed by atoms with Crippen LogP contribution in [0.4, 0.5) is 0 Å². The molecule has 0 aromatic rings. The standard InChI is InChI=1S/C11H22N2O2/c1-8(12)9(14)13-6-10(2,3)15-11(4,5)7-13/h8H,6-7,12H2,1-5H3/t8-/m0/s1. The monoisotopic (exact) mass is 214 g/mol. The van der Waals surface area contributed by atoms with E-state index in [1.807, 2.05) is 27.7 Å². The molecular weight excluding hydrogens is 192 g/mol. The molecule has 4 heteroatoms. The quantitative estimate of drug-likeness (QED) is 0.700. The van der Waals surface area contributed by atoms with E-state index in [1.165, 1.54) is 0 Å². The molecule has 0 radical (unpaired) electrons. The zero-order valence-electron chi connectivity index (χ0n) is 10.3. The summed E-state index contributed by atoms with van der Waals surface area (Å²) in [7, 11) is 0. The Morgan fingerprint density at radius 2 is 1.67 bits per heavy atom. The maximum atomic E-state index is 11.8. The molecule has 1 aliphatic heterocycles. The molecule has 0 aromatic carbocycles. The fourth-order valence-electron chi connectivity index (χ4n) is 2.23. The molecule has 2 N–H and O–H groups in total. The van der Waals surface area contributed by atoms with E-state index < -0.39 is 6.04 Å². The van der Waals surface area contributed by atoms with Gasteiger partial charge in [-0.25, -0.2) is 0 Å². The van der Waals surface area contributed by atoms with Crippen LogP contribution in [-0.4, -0.2) is 41.1 Å². The van der Waals surface area contributed by atoms with Gasteiger partial charge in [0.15, 0.2) is 0 Å². The lowest BCUT2D eigenvalue weighted by molar-refractivity contribution is -0.188. The van der Waals surface area contributed by atoms with Crippen LogP contribution < -0.4 is 5.73 Å².